The van der Waals surface area contributed by atoms with E-state index >= 15 is 0 Å². The first-order valence-electron chi connectivity index (χ1n) is 9.69. The standard InChI is InChI=1S/C23H25N3O3/c1-2-26-16-18(19-11-6-7-12-21(19)26)15-20(23(29)24-13-8-14-27)25-22(28)17-9-4-3-5-10-17/h3-7,9-12,15-16,27H,2,8,13-14H2,1H3,(H,24,29)(H,25,28). The predicted molar refractivity (Wildman–Crippen MR) is 114 cm³/mol. The number of aliphatic hydroxyl groups is 1. The lowest BCUT2D eigenvalue weighted by Gasteiger charge is -2.11. The fourth-order valence-electron chi connectivity index (χ4n) is 3.13. The number of para-hydroxylation sites is 1. The van der Waals surface area contributed by atoms with Gasteiger partial charge in [0.2, 0.25) is 0 Å². The zero-order valence-corrected chi connectivity index (χ0v) is 16.4. The van der Waals surface area contributed by atoms with Crippen LogP contribution in [-0.2, 0) is 11.3 Å². The first kappa shape index (κ1) is 20.4. The number of carbonyl (C=O) groups excluding carboxylic acids is 2. The molecule has 3 aromatic rings. The minimum atomic E-state index is -0.393. The highest BCUT2D eigenvalue weighted by atomic mass is 16.3. The lowest BCUT2D eigenvalue weighted by molar-refractivity contribution is -0.117. The normalized spacial score (nSPS) is 11.4. The van der Waals surface area contributed by atoms with Crippen LogP contribution in [0.2, 0.25) is 0 Å². The summed E-state index contributed by atoms with van der Waals surface area (Å²) in [6.07, 6.45) is 4.12. The fraction of sp³-hybridized carbons (Fsp3) is 0.217. The first-order chi connectivity index (χ1) is 14.1. The van der Waals surface area contributed by atoms with Crippen LogP contribution in [0.25, 0.3) is 17.0 Å². The molecule has 0 aliphatic rings. The second-order valence-electron chi connectivity index (χ2n) is 6.60. The summed E-state index contributed by atoms with van der Waals surface area (Å²) in [5, 5.41) is 15.4. The van der Waals surface area contributed by atoms with Crippen molar-refractivity contribution >= 4 is 28.8 Å². The number of fused-ring (bicyclic) bond motifs is 1. The summed E-state index contributed by atoms with van der Waals surface area (Å²) in [6.45, 7) is 3.16. The maximum absolute atomic E-state index is 12.7. The van der Waals surface area contributed by atoms with E-state index < -0.39 is 5.91 Å². The maximum Gasteiger partial charge on any atom is 0.267 e. The van der Waals surface area contributed by atoms with Gasteiger partial charge in [0.25, 0.3) is 11.8 Å². The zero-order chi connectivity index (χ0) is 20.6. The SMILES string of the molecule is CCn1cc(C=C(NC(=O)c2ccccc2)C(=O)NCCCO)c2ccccc21. The number of benzene rings is 2. The van der Waals surface area contributed by atoms with Gasteiger partial charge < -0.3 is 20.3 Å². The highest BCUT2D eigenvalue weighted by Crippen LogP contribution is 2.23. The van der Waals surface area contributed by atoms with Crippen LogP contribution < -0.4 is 10.6 Å². The van der Waals surface area contributed by atoms with E-state index in [9.17, 15) is 9.59 Å². The summed E-state index contributed by atoms with van der Waals surface area (Å²) in [5.74, 6) is -0.746. The molecule has 1 heterocycles. The summed E-state index contributed by atoms with van der Waals surface area (Å²) in [6, 6.07) is 16.7. The molecule has 6 nitrogen and oxygen atoms in total. The predicted octanol–water partition coefficient (Wildman–Crippen LogP) is 2.93. The van der Waals surface area contributed by atoms with Crippen LogP contribution in [0.15, 0.2) is 66.5 Å². The molecule has 0 spiro atoms. The van der Waals surface area contributed by atoms with Crippen molar-refractivity contribution in [2.45, 2.75) is 19.9 Å². The number of nitrogens with zero attached hydrogens (tertiary/aromatic N) is 1. The van der Waals surface area contributed by atoms with Crippen molar-refractivity contribution in [3.05, 3.63) is 77.6 Å². The molecule has 0 saturated carbocycles. The Morgan fingerprint density at radius 3 is 2.52 bits per heavy atom. The second kappa shape index (κ2) is 9.71. The molecule has 0 radical (unpaired) electrons. The van der Waals surface area contributed by atoms with Gasteiger partial charge in [-0.3, -0.25) is 9.59 Å². The third-order valence-corrected chi connectivity index (χ3v) is 4.61. The Morgan fingerprint density at radius 2 is 1.79 bits per heavy atom. The average Bonchev–Trinajstić information content (AvgIpc) is 3.11. The Bertz CT molecular complexity index is 1020. The Morgan fingerprint density at radius 1 is 1.07 bits per heavy atom. The molecule has 150 valence electrons. The first-order valence-corrected chi connectivity index (χ1v) is 9.69. The number of aromatic nitrogens is 1. The van der Waals surface area contributed by atoms with Crippen molar-refractivity contribution < 1.29 is 14.7 Å². The maximum atomic E-state index is 12.7. The Balaban J connectivity index is 1.96. The molecule has 3 rings (SSSR count). The third-order valence-electron chi connectivity index (χ3n) is 4.61. The van der Waals surface area contributed by atoms with Gasteiger partial charge in [0.1, 0.15) is 5.70 Å². The monoisotopic (exact) mass is 391 g/mol. The topological polar surface area (TPSA) is 83.4 Å². The van der Waals surface area contributed by atoms with E-state index in [1.54, 1.807) is 30.3 Å². The molecule has 3 N–H and O–H groups in total. The second-order valence-corrected chi connectivity index (χ2v) is 6.60. The smallest absolute Gasteiger partial charge is 0.267 e. The van der Waals surface area contributed by atoms with E-state index in [0.717, 1.165) is 23.0 Å². The molecule has 0 saturated heterocycles. The Kier molecular flexibility index (Phi) is 6.81. The van der Waals surface area contributed by atoms with E-state index in [1.165, 1.54) is 0 Å². The van der Waals surface area contributed by atoms with Gasteiger partial charge in [-0.15, -0.1) is 0 Å². The van der Waals surface area contributed by atoms with E-state index in [1.807, 2.05) is 36.5 Å². The van der Waals surface area contributed by atoms with Crippen molar-refractivity contribution in [3.63, 3.8) is 0 Å². The number of hydrogen-bond acceptors (Lipinski definition) is 3. The van der Waals surface area contributed by atoms with Crippen LogP contribution in [0.4, 0.5) is 0 Å². The van der Waals surface area contributed by atoms with Crippen LogP contribution in [0.5, 0.6) is 0 Å². The van der Waals surface area contributed by atoms with Crippen molar-refractivity contribution in [1.29, 1.82) is 0 Å². The number of aliphatic hydroxyl groups excluding tert-OH is 1. The molecular formula is C23H25N3O3. The summed E-state index contributed by atoms with van der Waals surface area (Å²) in [5.41, 5.74) is 2.55. The van der Waals surface area contributed by atoms with Crippen molar-refractivity contribution in [2.75, 3.05) is 13.2 Å². The Hall–Kier alpha value is -3.38. The van der Waals surface area contributed by atoms with Crippen molar-refractivity contribution in [3.8, 4) is 0 Å². The van der Waals surface area contributed by atoms with E-state index in [4.69, 9.17) is 5.11 Å². The summed E-state index contributed by atoms with van der Waals surface area (Å²) >= 11 is 0. The van der Waals surface area contributed by atoms with Crippen LogP contribution in [0.3, 0.4) is 0 Å². The molecule has 29 heavy (non-hydrogen) atoms. The van der Waals surface area contributed by atoms with Gasteiger partial charge in [-0.2, -0.15) is 0 Å². The fourth-order valence-corrected chi connectivity index (χ4v) is 3.13. The van der Waals surface area contributed by atoms with Gasteiger partial charge >= 0.3 is 0 Å². The van der Waals surface area contributed by atoms with E-state index in [0.29, 0.717) is 18.5 Å². The lowest BCUT2D eigenvalue weighted by Crippen LogP contribution is -2.35. The van der Waals surface area contributed by atoms with Crippen LogP contribution in [0.1, 0.15) is 29.3 Å². The van der Waals surface area contributed by atoms with Gasteiger partial charge in [-0.1, -0.05) is 36.4 Å². The molecular weight excluding hydrogens is 366 g/mol. The lowest BCUT2D eigenvalue weighted by atomic mass is 10.1. The number of hydrogen-bond donors (Lipinski definition) is 3. The Labute approximate surface area is 169 Å². The van der Waals surface area contributed by atoms with Gasteiger partial charge in [-0.25, -0.2) is 0 Å². The van der Waals surface area contributed by atoms with Crippen LogP contribution in [0, 0.1) is 0 Å². The van der Waals surface area contributed by atoms with Crippen molar-refractivity contribution in [2.24, 2.45) is 0 Å². The summed E-state index contributed by atoms with van der Waals surface area (Å²) in [4.78, 5) is 25.3. The molecule has 2 aromatic carbocycles. The molecule has 0 aliphatic carbocycles. The van der Waals surface area contributed by atoms with Gasteiger partial charge in [0, 0.05) is 47.9 Å². The molecule has 0 aliphatic heterocycles. The van der Waals surface area contributed by atoms with E-state index in [-0.39, 0.29) is 18.2 Å². The quantitative estimate of drug-likeness (QED) is 0.408. The summed E-state index contributed by atoms with van der Waals surface area (Å²) in [7, 11) is 0. The number of carbonyl (C=O) groups is 2. The largest absolute Gasteiger partial charge is 0.396 e. The van der Waals surface area contributed by atoms with Crippen molar-refractivity contribution in [1.82, 2.24) is 15.2 Å². The number of rotatable bonds is 8. The molecule has 1 aromatic heterocycles. The van der Waals surface area contributed by atoms with Crippen LogP contribution in [-0.4, -0.2) is 34.6 Å². The number of nitrogens with one attached hydrogen (secondary N) is 2. The average molecular weight is 391 g/mol. The minimum absolute atomic E-state index is 0.0142. The van der Waals surface area contributed by atoms with E-state index in [2.05, 4.69) is 22.1 Å². The third kappa shape index (κ3) is 4.92. The molecule has 0 fully saturated rings. The molecule has 0 atom stereocenters. The summed E-state index contributed by atoms with van der Waals surface area (Å²) < 4.78 is 2.10. The van der Waals surface area contributed by atoms with Gasteiger partial charge in [0.05, 0.1) is 0 Å². The highest BCUT2D eigenvalue weighted by molar-refractivity contribution is 6.06. The van der Waals surface area contributed by atoms with Gasteiger partial charge in [-0.05, 0) is 37.6 Å². The molecule has 0 bridgehead atoms. The zero-order valence-electron chi connectivity index (χ0n) is 16.4. The molecule has 0 unspecified atom stereocenters. The molecule has 2 amide bonds. The van der Waals surface area contributed by atoms with Crippen LogP contribution >= 0.6 is 0 Å². The molecule has 6 heteroatoms. The number of aryl methyl sites for hydroxylation is 1. The highest BCUT2D eigenvalue weighted by Gasteiger charge is 2.16. The number of amides is 2. The minimum Gasteiger partial charge on any atom is -0.396 e. The van der Waals surface area contributed by atoms with Gasteiger partial charge in [0.15, 0.2) is 0 Å².